The Hall–Kier alpha value is -2.23. The lowest BCUT2D eigenvalue weighted by Gasteiger charge is -2.14. The molecule has 4 nitrogen and oxygen atoms in total. The highest BCUT2D eigenvalue weighted by Crippen LogP contribution is 2.28. The Balaban J connectivity index is 2.25. The van der Waals surface area contributed by atoms with Gasteiger partial charge in [-0.15, -0.1) is 0 Å². The number of hydrogen-bond acceptors (Lipinski definition) is 3. The third-order valence-corrected chi connectivity index (χ3v) is 4.12. The van der Waals surface area contributed by atoms with Gasteiger partial charge in [0.1, 0.15) is 0 Å². The lowest BCUT2D eigenvalue weighted by Crippen LogP contribution is -2.12. The molecule has 3 aromatic rings. The predicted octanol–water partition coefficient (Wildman–Crippen LogP) is 2.51. The normalized spacial score (nSPS) is 15.2. The molecule has 0 N–H and O–H groups in total. The number of aryl methyl sites for hydroxylation is 2. The first-order valence-electron chi connectivity index (χ1n) is 7.12. The highest BCUT2D eigenvalue weighted by Gasteiger charge is 2.17. The zero-order chi connectivity index (χ0) is 13.5. The Bertz CT molecular complexity index is 867. The molecule has 0 atom stereocenters. The molecule has 0 aliphatic heterocycles. The minimum Gasteiger partial charge on any atom is -0.304 e. The second kappa shape index (κ2) is 4.40. The number of nitrogens with zero attached hydrogens (tertiary/aromatic N) is 3. The SMILES string of the molecule is O=c1ccn2c3c(c4ncccc4c2n1)CCCCC3. The van der Waals surface area contributed by atoms with Gasteiger partial charge in [0.25, 0.3) is 5.56 Å². The van der Waals surface area contributed by atoms with Crippen LogP contribution in [0.25, 0.3) is 16.6 Å². The van der Waals surface area contributed by atoms with Gasteiger partial charge < -0.3 is 4.40 Å². The number of fused-ring (bicyclic) bond motifs is 6. The molecular formula is C16H15N3O. The molecule has 0 spiro atoms. The maximum absolute atomic E-state index is 11.6. The van der Waals surface area contributed by atoms with Crippen LogP contribution in [-0.2, 0) is 12.8 Å². The molecule has 20 heavy (non-hydrogen) atoms. The maximum Gasteiger partial charge on any atom is 0.273 e. The predicted molar refractivity (Wildman–Crippen MR) is 78.0 cm³/mol. The van der Waals surface area contributed by atoms with E-state index in [0.717, 1.165) is 29.4 Å². The van der Waals surface area contributed by atoms with Crippen LogP contribution < -0.4 is 5.56 Å². The molecule has 1 aliphatic rings. The average molecular weight is 265 g/mol. The quantitative estimate of drug-likeness (QED) is 0.463. The first-order valence-corrected chi connectivity index (χ1v) is 7.12. The van der Waals surface area contributed by atoms with E-state index < -0.39 is 0 Å². The van der Waals surface area contributed by atoms with Crippen LogP contribution in [0, 0.1) is 0 Å². The van der Waals surface area contributed by atoms with E-state index in [1.807, 2.05) is 24.5 Å². The van der Waals surface area contributed by atoms with Gasteiger partial charge in [-0.3, -0.25) is 9.78 Å². The molecular weight excluding hydrogens is 250 g/mol. The Morgan fingerprint density at radius 3 is 2.95 bits per heavy atom. The van der Waals surface area contributed by atoms with Crippen LogP contribution in [0.15, 0.2) is 35.4 Å². The molecule has 4 rings (SSSR count). The Morgan fingerprint density at radius 2 is 2.00 bits per heavy atom. The van der Waals surface area contributed by atoms with Crippen molar-refractivity contribution in [2.45, 2.75) is 32.1 Å². The van der Waals surface area contributed by atoms with Gasteiger partial charge in [-0.05, 0) is 43.4 Å². The van der Waals surface area contributed by atoms with Crippen LogP contribution in [0.2, 0.25) is 0 Å². The van der Waals surface area contributed by atoms with Gasteiger partial charge in [0, 0.05) is 29.5 Å². The fraction of sp³-hybridized carbons (Fsp3) is 0.312. The minimum atomic E-state index is -0.191. The van der Waals surface area contributed by atoms with E-state index in [1.165, 1.54) is 30.5 Å². The smallest absolute Gasteiger partial charge is 0.273 e. The Labute approximate surface area is 116 Å². The van der Waals surface area contributed by atoms with Crippen LogP contribution in [0.1, 0.15) is 30.5 Å². The highest BCUT2D eigenvalue weighted by atomic mass is 16.1. The number of pyridine rings is 2. The zero-order valence-corrected chi connectivity index (χ0v) is 11.2. The summed E-state index contributed by atoms with van der Waals surface area (Å²) in [5.74, 6) is 0. The molecule has 0 saturated carbocycles. The number of aromatic nitrogens is 3. The van der Waals surface area contributed by atoms with E-state index in [9.17, 15) is 4.79 Å². The van der Waals surface area contributed by atoms with Gasteiger partial charge in [-0.2, -0.15) is 4.98 Å². The standard InChI is InChI=1S/C16H15N3O/c20-14-8-10-19-13-7-3-1-2-5-11(13)15-12(16(19)18-14)6-4-9-17-15/h4,6,8-10H,1-3,5,7H2. The number of hydrogen-bond donors (Lipinski definition) is 0. The lowest BCUT2D eigenvalue weighted by molar-refractivity contribution is 0.706. The van der Waals surface area contributed by atoms with E-state index in [0.29, 0.717) is 0 Å². The fourth-order valence-electron chi connectivity index (χ4n) is 3.23. The van der Waals surface area contributed by atoms with Gasteiger partial charge >= 0.3 is 0 Å². The van der Waals surface area contributed by atoms with Crippen LogP contribution in [0.4, 0.5) is 0 Å². The second-order valence-electron chi connectivity index (χ2n) is 5.34. The average Bonchev–Trinajstić information content (AvgIpc) is 2.73. The first-order chi connectivity index (χ1) is 9.84. The summed E-state index contributed by atoms with van der Waals surface area (Å²) in [6.45, 7) is 0. The van der Waals surface area contributed by atoms with Crippen LogP contribution in [-0.4, -0.2) is 14.4 Å². The van der Waals surface area contributed by atoms with Crippen molar-refractivity contribution in [2.75, 3.05) is 0 Å². The lowest BCUT2D eigenvalue weighted by atomic mass is 10.0. The topological polar surface area (TPSA) is 47.3 Å². The Kier molecular flexibility index (Phi) is 2.55. The number of rotatable bonds is 0. The minimum absolute atomic E-state index is 0.191. The maximum atomic E-state index is 11.6. The third kappa shape index (κ3) is 1.64. The van der Waals surface area contributed by atoms with Crippen molar-refractivity contribution >= 4 is 16.6 Å². The monoisotopic (exact) mass is 265 g/mol. The van der Waals surface area contributed by atoms with E-state index in [4.69, 9.17) is 0 Å². The van der Waals surface area contributed by atoms with Crippen molar-refractivity contribution in [3.8, 4) is 0 Å². The van der Waals surface area contributed by atoms with Gasteiger partial charge in [0.15, 0.2) is 5.65 Å². The molecule has 0 unspecified atom stereocenters. The summed E-state index contributed by atoms with van der Waals surface area (Å²) in [6, 6.07) is 5.46. The molecule has 100 valence electrons. The molecule has 0 radical (unpaired) electrons. The van der Waals surface area contributed by atoms with Crippen LogP contribution >= 0.6 is 0 Å². The molecule has 1 aliphatic carbocycles. The fourth-order valence-corrected chi connectivity index (χ4v) is 3.23. The highest BCUT2D eigenvalue weighted by molar-refractivity contribution is 5.94. The molecule has 0 bridgehead atoms. The summed E-state index contributed by atoms with van der Waals surface area (Å²) in [4.78, 5) is 20.4. The van der Waals surface area contributed by atoms with E-state index in [2.05, 4.69) is 14.4 Å². The molecule has 3 aromatic heterocycles. The van der Waals surface area contributed by atoms with Crippen LogP contribution in [0.3, 0.4) is 0 Å². The largest absolute Gasteiger partial charge is 0.304 e. The van der Waals surface area contributed by atoms with Crippen molar-refractivity contribution < 1.29 is 0 Å². The summed E-state index contributed by atoms with van der Waals surface area (Å²) >= 11 is 0. The van der Waals surface area contributed by atoms with Crippen LogP contribution in [0.5, 0.6) is 0 Å². The molecule has 0 aromatic carbocycles. The van der Waals surface area contributed by atoms with Crippen molar-refractivity contribution in [3.63, 3.8) is 0 Å². The first kappa shape index (κ1) is 11.6. The summed E-state index contributed by atoms with van der Waals surface area (Å²) in [5.41, 5.74) is 4.17. The molecule has 0 saturated heterocycles. The van der Waals surface area contributed by atoms with Crippen molar-refractivity contribution in [3.05, 3.63) is 52.2 Å². The van der Waals surface area contributed by atoms with Crippen molar-refractivity contribution in [1.82, 2.24) is 14.4 Å². The molecule has 0 fully saturated rings. The van der Waals surface area contributed by atoms with Crippen molar-refractivity contribution in [2.24, 2.45) is 0 Å². The Morgan fingerprint density at radius 1 is 1.10 bits per heavy atom. The van der Waals surface area contributed by atoms with E-state index in [-0.39, 0.29) is 5.56 Å². The van der Waals surface area contributed by atoms with Gasteiger partial charge in [0.05, 0.1) is 5.52 Å². The summed E-state index contributed by atoms with van der Waals surface area (Å²) in [7, 11) is 0. The van der Waals surface area contributed by atoms with Crippen molar-refractivity contribution in [1.29, 1.82) is 0 Å². The molecule has 0 amide bonds. The van der Waals surface area contributed by atoms with E-state index >= 15 is 0 Å². The van der Waals surface area contributed by atoms with Gasteiger partial charge in [-0.1, -0.05) is 6.42 Å². The molecule has 3 heterocycles. The zero-order valence-electron chi connectivity index (χ0n) is 11.2. The summed E-state index contributed by atoms with van der Waals surface area (Å²) < 4.78 is 2.09. The summed E-state index contributed by atoms with van der Waals surface area (Å²) in [5, 5.41) is 0.978. The van der Waals surface area contributed by atoms with Gasteiger partial charge in [0.2, 0.25) is 0 Å². The van der Waals surface area contributed by atoms with Gasteiger partial charge in [-0.25, -0.2) is 0 Å². The third-order valence-electron chi connectivity index (χ3n) is 4.12. The second-order valence-corrected chi connectivity index (χ2v) is 5.34. The van der Waals surface area contributed by atoms with E-state index in [1.54, 1.807) is 6.07 Å². The summed E-state index contributed by atoms with van der Waals surface area (Å²) in [6.07, 6.45) is 9.42. The molecule has 4 heteroatoms.